The van der Waals surface area contributed by atoms with Crippen LogP contribution in [0.15, 0.2) is 72.8 Å². The maximum Gasteiger partial charge on any atom is 0.323 e. The van der Waals surface area contributed by atoms with Gasteiger partial charge in [0.05, 0.1) is 7.11 Å². The molecule has 0 aromatic heterocycles. The Balaban J connectivity index is 1.58. The number of nitrogens with two attached hydrogens (primary N) is 1. The Hall–Kier alpha value is -3.55. The lowest BCUT2D eigenvalue weighted by Crippen LogP contribution is -2.41. The van der Waals surface area contributed by atoms with Gasteiger partial charge in [0, 0.05) is 6.54 Å². The van der Waals surface area contributed by atoms with E-state index in [1.165, 1.54) is 5.56 Å². The molecule has 0 aliphatic carbocycles. The SMILES string of the molecule is COc1ccc(CCc2ccccc2OCC(CN(C)C)OC(=O)[C@H](N)Cc2ccc(O)cc2)cc1. The van der Waals surface area contributed by atoms with Gasteiger partial charge in [0.15, 0.2) is 0 Å². The molecule has 3 rings (SSSR count). The zero-order chi connectivity index (χ0) is 25.9. The second-order valence-corrected chi connectivity index (χ2v) is 9.07. The van der Waals surface area contributed by atoms with E-state index in [-0.39, 0.29) is 12.4 Å². The van der Waals surface area contributed by atoms with Crippen molar-refractivity contribution in [3.63, 3.8) is 0 Å². The van der Waals surface area contributed by atoms with Gasteiger partial charge in [-0.1, -0.05) is 42.5 Å². The predicted octanol–water partition coefficient (Wildman–Crippen LogP) is 3.61. The van der Waals surface area contributed by atoms with E-state index in [1.807, 2.05) is 49.3 Å². The number of ether oxygens (including phenoxy) is 3. The number of hydrogen-bond donors (Lipinski definition) is 2. The molecule has 1 unspecified atom stereocenters. The van der Waals surface area contributed by atoms with E-state index in [1.54, 1.807) is 31.4 Å². The lowest BCUT2D eigenvalue weighted by molar-refractivity contribution is -0.152. The highest BCUT2D eigenvalue weighted by atomic mass is 16.6. The van der Waals surface area contributed by atoms with Gasteiger partial charge >= 0.3 is 5.97 Å². The van der Waals surface area contributed by atoms with Crippen LogP contribution in [0.25, 0.3) is 0 Å². The Labute approximate surface area is 213 Å². The summed E-state index contributed by atoms with van der Waals surface area (Å²) in [5.74, 6) is 1.31. The third-order valence-electron chi connectivity index (χ3n) is 5.79. The molecule has 0 aliphatic heterocycles. The number of phenols is 1. The van der Waals surface area contributed by atoms with E-state index < -0.39 is 18.1 Å². The number of carbonyl (C=O) groups is 1. The molecule has 3 aromatic carbocycles. The van der Waals surface area contributed by atoms with Gasteiger partial charge in [-0.3, -0.25) is 4.79 Å². The smallest absolute Gasteiger partial charge is 0.323 e. The summed E-state index contributed by atoms with van der Waals surface area (Å²) >= 11 is 0. The Morgan fingerprint density at radius 1 is 0.944 bits per heavy atom. The molecule has 3 aromatic rings. The van der Waals surface area contributed by atoms with Crippen LogP contribution in [-0.2, 0) is 28.8 Å². The molecule has 2 atom stereocenters. The normalized spacial score (nSPS) is 12.7. The number of nitrogens with zero attached hydrogens (tertiary/aromatic N) is 1. The molecule has 0 heterocycles. The summed E-state index contributed by atoms with van der Waals surface area (Å²) in [5, 5.41) is 9.44. The van der Waals surface area contributed by atoms with Crippen LogP contribution < -0.4 is 15.2 Å². The van der Waals surface area contributed by atoms with Crippen LogP contribution >= 0.6 is 0 Å². The fourth-order valence-electron chi connectivity index (χ4n) is 3.86. The van der Waals surface area contributed by atoms with Crippen LogP contribution in [0, 0.1) is 0 Å². The maximum absolute atomic E-state index is 12.7. The first-order valence-corrected chi connectivity index (χ1v) is 12.1. The second kappa shape index (κ2) is 13.5. The minimum Gasteiger partial charge on any atom is -0.508 e. The molecule has 0 radical (unpaired) electrons. The quantitative estimate of drug-likeness (QED) is 0.352. The number of para-hydroxylation sites is 1. The van der Waals surface area contributed by atoms with E-state index in [0.717, 1.165) is 35.5 Å². The number of likely N-dealkylation sites (N-methyl/N-ethyl adjacent to an activating group) is 1. The first-order valence-electron chi connectivity index (χ1n) is 12.1. The molecule has 7 heteroatoms. The van der Waals surface area contributed by atoms with Crippen molar-refractivity contribution >= 4 is 5.97 Å². The van der Waals surface area contributed by atoms with Crippen molar-refractivity contribution in [3.8, 4) is 17.2 Å². The number of benzene rings is 3. The summed E-state index contributed by atoms with van der Waals surface area (Å²) in [6, 6.07) is 21.8. The number of phenolic OH excluding ortho intramolecular Hbond substituents is 1. The summed E-state index contributed by atoms with van der Waals surface area (Å²) in [6.07, 6.45) is 1.53. The van der Waals surface area contributed by atoms with Crippen molar-refractivity contribution in [1.29, 1.82) is 0 Å². The zero-order valence-corrected chi connectivity index (χ0v) is 21.2. The van der Waals surface area contributed by atoms with Crippen molar-refractivity contribution in [1.82, 2.24) is 4.90 Å². The highest BCUT2D eigenvalue weighted by Gasteiger charge is 2.22. The number of aromatic hydroxyl groups is 1. The van der Waals surface area contributed by atoms with Gasteiger partial charge in [-0.15, -0.1) is 0 Å². The summed E-state index contributed by atoms with van der Waals surface area (Å²) in [4.78, 5) is 14.7. The minimum absolute atomic E-state index is 0.169. The Morgan fingerprint density at radius 2 is 1.61 bits per heavy atom. The molecule has 0 aliphatic rings. The van der Waals surface area contributed by atoms with Gasteiger partial charge in [0.2, 0.25) is 0 Å². The van der Waals surface area contributed by atoms with Crippen molar-refractivity contribution < 1.29 is 24.1 Å². The molecule has 0 spiro atoms. The van der Waals surface area contributed by atoms with Gasteiger partial charge in [0.25, 0.3) is 0 Å². The molecule has 192 valence electrons. The van der Waals surface area contributed by atoms with Crippen LogP contribution in [0.2, 0.25) is 0 Å². The fraction of sp³-hybridized carbons (Fsp3) is 0.345. The average Bonchev–Trinajstić information content (AvgIpc) is 2.87. The third-order valence-corrected chi connectivity index (χ3v) is 5.79. The Morgan fingerprint density at radius 3 is 2.28 bits per heavy atom. The highest BCUT2D eigenvalue weighted by Crippen LogP contribution is 2.22. The molecule has 0 amide bonds. The lowest BCUT2D eigenvalue weighted by Gasteiger charge is -2.24. The van der Waals surface area contributed by atoms with Gasteiger partial charge < -0.3 is 30.0 Å². The maximum atomic E-state index is 12.7. The third kappa shape index (κ3) is 8.59. The Kier molecular flexibility index (Phi) is 10.2. The first kappa shape index (κ1) is 27.0. The molecule has 0 saturated carbocycles. The molecular formula is C29H36N2O5. The highest BCUT2D eigenvalue weighted by molar-refractivity contribution is 5.76. The van der Waals surface area contributed by atoms with Crippen molar-refractivity contribution in [2.75, 3.05) is 34.4 Å². The van der Waals surface area contributed by atoms with Crippen molar-refractivity contribution in [2.24, 2.45) is 5.73 Å². The van der Waals surface area contributed by atoms with E-state index in [0.29, 0.717) is 13.0 Å². The summed E-state index contributed by atoms with van der Waals surface area (Å²) < 4.78 is 17.1. The van der Waals surface area contributed by atoms with Crippen LogP contribution in [-0.4, -0.2) is 62.5 Å². The number of carbonyl (C=O) groups excluding carboxylic acids is 1. The number of hydrogen-bond acceptors (Lipinski definition) is 7. The largest absolute Gasteiger partial charge is 0.508 e. The fourth-order valence-corrected chi connectivity index (χ4v) is 3.86. The van der Waals surface area contributed by atoms with Crippen LogP contribution in [0.3, 0.4) is 0 Å². The van der Waals surface area contributed by atoms with Crippen molar-refractivity contribution in [2.45, 2.75) is 31.4 Å². The Bertz CT molecular complexity index is 1080. The predicted molar refractivity (Wildman–Crippen MR) is 141 cm³/mol. The molecule has 3 N–H and O–H groups in total. The van der Waals surface area contributed by atoms with Crippen LogP contribution in [0.4, 0.5) is 0 Å². The van der Waals surface area contributed by atoms with Crippen molar-refractivity contribution in [3.05, 3.63) is 89.5 Å². The average molecular weight is 493 g/mol. The number of methoxy groups -OCH3 is 1. The molecular weight excluding hydrogens is 456 g/mol. The van der Waals surface area contributed by atoms with Crippen LogP contribution in [0.1, 0.15) is 16.7 Å². The summed E-state index contributed by atoms with van der Waals surface area (Å²) in [7, 11) is 5.49. The molecule has 0 saturated heterocycles. The summed E-state index contributed by atoms with van der Waals surface area (Å²) in [5.41, 5.74) is 9.27. The van der Waals surface area contributed by atoms with Gasteiger partial charge in [-0.05, 0) is 80.4 Å². The lowest BCUT2D eigenvalue weighted by atomic mass is 10.0. The molecule has 0 fully saturated rings. The number of rotatable bonds is 13. The molecule has 36 heavy (non-hydrogen) atoms. The molecule has 0 bridgehead atoms. The number of aryl methyl sites for hydroxylation is 2. The summed E-state index contributed by atoms with van der Waals surface area (Å²) in [6.45, 7) is 0.723. The van der Waals surface area contributed by atoms with Crippen LogP contribution in [0.5, 0.6) is 17.2 Å². The minimum atomic E-state index is -0.809. The van der Waals surface area contributed by atoms with E-state index in [9.17, 15) is 9.90 Å². The first-order chi connectivity index (χ1) is 17.3. The molecule has 7 nitrogen and oxygen atoms in total. The van der Waals surface area contributed by atoms with Gasteiger partial charge in [0.1, 0.15) is 36.0 Å². The van der Waals surface area contributed by atoms with E-state index in [4.69, 9.17) is 19.9 Å². The zero-order valence-electron chi connectivity index (χ0n) is 21.2. The topological polar surface area (TPSA) is 94.2 Å². The standard InChI is InChI=1S/C29H36N2O5/c1-31(2)19-26(36-29(33)27(30)18-22-9-14-24(32)15-10-22)20-35-28-7-5-4-6-23(28)13-8-21-11-16-25(34-3)17-12-21/h4-7,9-12,14-17,26-27,32H,8,13,18-20,30H2,1-3H3/t26?,27-/m1/s1. The van der Waals surface area contributed by atoms with E-state index >= 15 is 0 Å². The van der Waals surface area contributed by atoms with E-state index in [2.05, 4.69) is 18.2 Å². The van der Waals surface area contributed by atoms with Gasteiger partial charge in [-0.2, -0.15) is 0 Å². The monoisotopic (exact) mass is 492 g/mol. The van der Waals surface area contributed by atoms with Gasteiger partial charge in [-0.25, -0.2) is 0 Å². The number of esters is 1. The second-order valence-electron chi connectivity index (χ2n) is 9.07.